The summed E-state index contributed by atoms with van der Waals surface area (Å²) >= 11 is 0. The Morgan fingerprint density at radius 3 is 3.00 bits per heavy atom. The number of pyridine rings is 1. The molecule has 18 heavy (non-hydrogen) atoms. The van der Waals surface area contributed by atoms with Gasteiger partial charge in [-0.15, -0.1) is 0 Å². The van der Waals surface area contributed by atoms with E-state index in [1.54, 1.807) is 13.3 Å². The first kappa shape index (κ1) is 12.6. The number of nitrogens with one attached hydrogen (secondary N) is 1. The molecular formula is C13H18N4O. The van der Waals surface area contributed by atoms with Gasteiger partial charge in [-0.2, -0.15) is 5.10 Å². The monoisotopic (exact) mass is 246 g/mol. The van der Waals surface area contributed by atoms with Gasteiger partial charge in [0, 0.05) is 32.1 Å². The van der Waals surface area contributed by atoms with E-state index in [1.807, 2.05) is 36.3 Å². The third-order valence-electron chi connectivity index (χ3n) is 2.69. The Kier molecular flexibility index (Phi) is 4.30. The third-order valence-corrected chi connectivity index (χ3v) is 2.69. The Bertz CT molecular complexity index is 495. The molecule has 0 aliphatic carbocycles. The van der Waals surface area contributed by atoms with Crippen LogP contribution >= 0.6 is 0 Å². The van der Waals surface area contributed by atoms with Crippen LogP contribution < -0.4 is 10.1 Å². The summed E-state index contributed by atoms with van der Waals surface area (Å²) in [6, 6.07) is 3.93. The first-order valence-corrected chi connectivity index (χ1v) is 5.95. The molecular weight excluding hydrogens is 228 g/mol. The van der Waals surface area contributed by atoms with Crippen LogP contribution in [0.5, 0.6) is 5.88 Å². The number of nitrogens with zero attached hydrogens (tertiary/aromatic N) is 3. The number of methoxy groups -OCH3 is 1. The highest BCUT2D eigenvalue weighted by atomic mass is 16.5. The number of aromatic nitrogens is 3. The van der Waals surface area contributed by atoms with E-state index in [2.05, 4.69) is 15.4 Å². The van der Waals surface area contributed by atoms with E-state index in [-0.39, 0.29) is 0 Å². The van der Waals surface area contributed by atoms with Crippen molar-refractivity contribution in [3.63, 3.8) is 0 Å². The van der Waals surface area contributed by atoms with Gasteiger partial charge in [-0.3, -0.25) is 4.68 Å². The van der Waals surface area contributed by atoms with Crippen molar-refractivity contribution in [2.24, 2.45) is 7.05 Å². The lowest BCUT2D eigenvalue weighted by Crippen LogP contribution is -2.16. The van der Waals surface area contributed by atoms with Crippen LogP contribution in [0.3, 0.4) is 0 Å². The molecule has 96 valence electrons. The zero-order valence-corrected chi connectivity index (χ0v) is 10.8. The second-order valence-corrected chi connectivity index (χ2v) is 4.16. The zero-order chi connectivity index (χ0) is 12.8. The molecule has 2 heterocycles. The van der Waals surface area contributed by atoms with Crippen molar-refractivity contribution in [2.75, 3.05) is 13.7 Å². The van der Waals surface area contributed by atoms with Gasteiger partial charge in [-0.1, -0.05) is 0 Å². The second-order valence-electron chi connectivity index (χ2n) is 4.16. The minimum Gasteiger partial charge on any atom is -0.481 e. The average molecular weight is 246 g/mol. The maximum Gasteiger partial charge on any atom is 0.213 e. The molecule has 2 rings (SSSR count). The quantitative estimate of drug-likeness (QED) is 0.777. The van der Waals surface area contributed by atoms with Gasteiger partial charge in [-0.05, 0) is 30.2 Å². The molecule has 0 aromatic carbocycles. The molecule has 0 aliphatic heterocycles. The summed E-state index contributed by atoms with van der Waals surface area (Å²) in [4.78, 5) is 4.08. The summed E-state index contributed by atoms with van der Waals surface area (Å²) in [6.07, 6.45) is 6.68. The van der Waals surface area contributed by atoms with E-state index in [4.69, 9.17) is 4.74 Å². The minimum atomic E-state index is 0.654. The molecule has 2 aromatic heterocycles. The van der Waals surface area contributed by atoms with Crippen molar-refractivity contribution in [3.05, 3.63) is 41.9 Å². The predicted octanol–water partition coefficient (Wildman–Crippen LogP) is 1.16. The van der Waals surface area contributed by atoms with Crippen molar-refractivity contribution in [2.45, 2.75) is 13.0 Å². The normalized spacial score (nSPS) is 10.6. The van der Waals surface area contributed by atoms with Gasteiger partial charge < -0.3 is 10.1 Å². The zero-order valence-electron chi connectivity index (χ0n) is 10.8. The molecule has 0 atom stereocenters. The summed E-state index contributed by atoms with van der Waals surface area (Å²) < 4.78 is 6.91. The van der Waals surface area contributed by atoms with Crippen LogP contribution in [-0.2, 0) is 20.0 Å². The molecule has 0 aliphatic rings. The Balaban J connectivity index is 1.74. The fraction of sp³-hybridized carbons (Fsp3) is 0.385. The summed E-state index contributed by atoms with van der Waals surface area (Å²) in [7, 11) is 3.56. The molecule has 0 unspecified atom stereocenters. The molecule has 2 aromatic rings. The maximum atomic E-state index is 5.08. The molecule has 5 heteroatoms. The molecule has 0 bridgehead atoms. The highest BCUT2D eigenvalue weighted by Gasteiger charge is 1.98. The van der Waals surface area contributed by atoms with Crippen molar-refractivity contribution in [3.8, 4) is 5.88 Å². The Hall–Kier alpha value is -1.88. The first-order chi connectivity index (χ1) is 8.78. The van der Waals surface area contributed by atoms with Crippen LogP contribution in [0.4, 0.5) is 0 Å². The largest absolute Gasteiger partial charge is 0.481 e. The van der Waals surface area contributed by atoms with Crippen molar-refractivity contribution in [1.82, 2.24) is 20.1 Å². The molecule has 0 amide bonds. The van der Waals surface area contributed by atoms with E-state index in [0.717, 1.165) is 19.5 Å². The first-order valence-electron chi connectivity index (χ1n) is 5.95. The van der Waals surface area contributed by atoms with Gasteiger partial charge in [0.25, 0.3) is 0 Å². The van der Waals surface area contributed by atoms with Gasteiger partial charge in [-0.25, -0.2) is 4.98 Å². The van der Waals surface area contributed by atoms with Gasteiger partial charge >= 0.3 is 0 Å². The standard InChI is InChI=1S/C13H18N4O/c1-17-10-12(9-16-17)3-5-14-8-11-4-6-15-13(7-11)18-2/h4,6-7,9-10,14H,3,5,8H2,1-2H3. The summed E-state index contributed by atoms with van der Waals surface area (Å²) in [5.74, 6) is 0.654. The number of hydrogen-bond donors (Lipinski definition) is 1. The topological polar surface area (TPSA) is 52.0 Å². The van der Waals surface area contributed by atoms with Gasteiger partial charge in [0.05, 0.1) is 13.3 Å². The van der Waals surface area contributed by atoms with E-state index in [0.29, 0.717) is 5.88 Å². The van der Waals surface area contributed by atoms with E-state index in [9.17, 15) is 0 Å². The molecule has 5 nitrogen and oxygen atoms in total. The van der Waals surface area contributed by atoms with Crippen molar-refractivity contribution >= 4 is 0 Å². The van der Waals surface area contributed by atoms with Crippen LogP contribution in [-0.4, -0.2) is 28.4 Å². The van der Waals surface area contributed by atoms with Crippen molar-refractivity contribution < 1.29 is 4.74 Å². The van der Waals surface area contributed by atoms with Crippen LogP contribution in [0, 0.1) is 0 Å². The summed E-state index contributed by atoms with van der Waals surface area (Å²) in [5.41, 5.74) is 2.42. The SMILES string of the molecule is COc1cc(CNCCc2cnn(C)c2)ccn1. The fourth-order valence-electron chi connectivity index (χ4n) is 1.74. The average Bonchev–Trinajstić information content (AvgIpc) is 2.81. The number of rotatable bonds is 6. The Labute approximate surface area is 107 Å². The van der Waals surface area contributed by atoms with Crippen LogP contribution in [0.2, 0.25) is 0 Å². The van der Waals surface area contributed by atoms with E-state index >= 15 is 0 Å². The fourth-order valence-corrected chi connectivity index (χ4v) is 1.74. The highest BCUT2D eigenvalue weighted by Crippen LogP contribution is 2.08. The Morgan fingerprint density at radius 2 is 2.28 bits per heavy atom. The molecule has 0 saturated carbocycles. The lowest BCUT2D eigenvalue weighted by atomic mass is 10.2. The maximum absolute atomic E-state index is 5.08. The van der Waals surface area contributed by atoms with Crippen LogP contribution in [0.25, 0.3) is 0 Å². The lowest BCUT2D eigenvalue weighted by molar-refractivity contribution is 0.397. The highest BCUT2D eigenvalue weighted by molar-refractivity contribution is 5.20. The molecule has 1 N–H and O–H groups in total. The van der Waals surface area contributed by atoms with Crippen molar-refractivity contribution in [1.29, 1.82) is 0 Å². The summed E-state index contributed by atoms with van der Waals surface area (Å²) in [6.45, 7) is 1.75. The summed E-state index contributed by atoms with van der Waals surface area (Å²) in [5, 5.41) is 7.53. The second kappa shape index (κ2) is 6.16. The van der Waals surface area contributed by atoms with Crippen LogP contribution in [0.1, 0.15) is 11.1 Å². The third kappa shape index (κ3) is 3.56. The van der Waals surface area contributed by atoms with Gasteiger partial charge in [0.1, 0.15) is 0 Å². The predicted molar refractivity (Wildman–Crippen MR) is 69.4 cm³/mol. The van der Waals surface area contributed by atoms with Gasteiger partial charge in [0.15, 0.2) is 0 Å². The van der Waals surface area contributed by atoms with E-state index in [1.165, 1.54) is 11.1 Å². The minimum absolute atomic E-state index is 0.654. The lowest BCUT2D eigenvalue weighted by Gasteiger charge is -2.05. The Morgan fingerprint density at radius 1 is 1.39 bits per heavy atom. The number of ether oxygens (including phenoxy) is 1. The molecule has 0 radical (unpaired) electrons. The van der Waals surface area contributed by atoms with Gasteiger partial charge in [0.2, 0.25) is 5.88 Å². The van der Waals surface area contributed by atoms with Crippen LogP contribution in [0.15, 0.2) is 30.7 Å². The number of hydrogen-bond acceptors (Lipinski definition) is 4. The van der Waals surface area contributed by atoms with E-state index < -0.39 is 0 Å². The molecule has 0 saturated heterocycles. The molecule has 0 spiro atoms. The smallest absolute Gasteiger partial charge is 0.213 e. The molecule has 0 fully saturated rings. The number of aryl methyl sites for hydroxylation is 1.